The van der Waals surface area contributed by atoms with Crippen molar-refractivity contribution in [3.63, 3.8) is 0 Å². The Morgan fingerprint density at radius 2 is 1.85 bits per heavy atom. The highest BCUT2D eigenvalue weighted by Gasteiger charge is 2.12. The Labute approximate surface area is 124 Å². The average Bonchev–Trinajstić information content (AvgIpc) is 2.42. The molecule has 0 saturated carbocycles. The van der Waals surface area contributed by atoms with Crippen LogP contribution in [0, 0.1) is 11.6 Å². The molecule has 0 saturated heterocycles. The fraction of sp³-hybridized carbons (Fsp3) is 0.167. The number of benzene rings is 1. The second-order valence-corrected chi connectivity index (χ2v) is 4.93. The normalized spacial score (nSPS) is 10.4. The number of aromatic nitrogens is 2. The first kappa shape index (κ1) is 14.8. The molecule has 106 valence electrons. The van der Waals surface area contributed by atoms with Gasteiger partial charge in [-0.05, 0) is 12.3 Å². The van der Waals surface area contributed by atoms with Gasteiger partial charge in [0.25, 0.3) is 0 Å². The second-order valence-electron chi connectivity index (χ2n) is 3.74. The Hall–Kier alpha value is -1.60. The number of anilines is 3. The molecule has 2 N–H and O–H groups in total. The van der Waals surface area contributed by atoms with Crippen LogP contribution in [0.4, 0.5) is 26.1 Å². The van der Waals surface area contributed by atoms with E-state index in [0.717, 1.165) is 12.1 Å². The van der Waals surface area contributed by atoms with Crippen LogP contribution in [0.1, 0.15) is 0 Å². The van der Waals surface area contributed by atoms with Gasteiger partial charge < -0.3 is 10.6 Å². The zero-order valence-corrected chi connectivity index (χ0v) is 12.2. The average molecular weight is 317 g/mol. The molecule has 1 aromatic carbocycles. The van der Waals surface area contributed by atoms with E-state index in [0.29, 0.717) is 16.8 Å². The van der Waals surface area contributed by atoms with Gasteiger partial charge in [-0.2, -0.15) is 0 Å². The largest absolute Gasteiger partial charge is 0.373 e. The van der Waals surface area contributed by atoms with Crippen molar-refractivity contribution in [3.05, 3.63) is 34.9 Å². The Bertz CT molecular complexity index is 594. The smallest absolute Gasteiger partial charge is 0.191 e. The SMILES string of the molecule is CNc1cc(Nc2c(F)cc(F)cc2Cl)nc(SC)n1. The van der Waals surface area contributed by atoms with Crippen molar-refractivity contribution in [2.45, 2.75) is 5.16 Å². The molecular weight excluding hydrogens is 306 g/mol. The zero-order valence-electron chi connectivity index (χ0n) is 10.7. The van der Waals surface area contributed by atoms with E-state index in [4.69, 9.17) is 11.6 Å². The molecule has 0 atom stereocenters. The van der Waals surface area contributed by atoms with Crippen LogP contribution < -0.4 is 10.6 Å². The van der Waals surface area contributed by atoms with Gasteiger partial charge in [-0.3, -0.25) is 0 Å². The van der Waals surface area contributed by atoms with Crippen LogP contribution in [0.5, 0.6) is 0 Å². The van der Waals surface area contributed by atoms with Crippen LogP contribution in [0.2, 0.25) is 5.02 Å². The summed E-state index contributed by atoms with van der Waals surface area (Å²) in [6, 6.07) is 3.38. The Morgan fingerprint density at radius 1 is 1.15 bits per heavy atom. The summed E-state index contributed by atoms with van der Waals surface area (Å²) in [5.41, 5.74) is -0.0270. The van der Waals surface area contributed by atoms with E-state index < -0.39 is 11.6 Å². The molecule has 4 nitrogen and oxygen atoms in total. The lowest BCUT2D eigenvalue weighted by molar-refractivity contribution is 0.586. The molecule has 2 rings (SSSR count). The van der Waals surface area contributed by atoms with Gasteiger partial charge in [0.05, 0.1) is 10.7 Å². The lowest BCUT2D eigenvalue weighted by atomic mass is 10.3. The van der Waals surface area contributed by atoms with Crippen molar-refractivity contribution in [2.75, 3.05) is 23.9 Å². The molecule has 1 aromatic heterocycles. The zero-order chi connectivity index (χ0) is 14.7. The first-order valence-electron chi connectivity index (χ1n) is 5.56. The molecule has 1 heterocycles. The molecule has 0 aliphatic rings. The molecule has 0 radical (unpaired) electrons. The first-order valence-corrected chi connectivity index (χ1v) is 7.16. The topological polar surface area (TPSA) is 49.8 Å². The van der Waals surface area contributed by atoms with E-state index in [-0.39, 0.29) is 10.7 Å². The fourth-order valence-corrected chi connectivity index (χ4v) is 2.12. The van der Waals surface area contributed by atoms with Crippen LogP contribution in [0.3, 0.4) is 0 Å². The third kappa shape index (κ3) is 3.29. The van der Waals surface area contributed by atoms with Crippen molar-refractivity contribution in [2.24, 2.45) is 0 Å². The van der Waals surface area contributed by atoms with Gasteiger partial charge in [0.15, 0.2) is 11.0 Å². The van der Waals surface area contributed by atoms with Crippen molar-refractivity contribution >= 4 is 40.7 Å². The molecule has 0 spiro atoms. The molecule has 2 aromatic rings. The number of nitrogens with zero attached hydrogens (tertiary/aromatic N) is 2. The third-order valence-corrected chi connectivity index (χ3v) is 3.25. The molecular formula is C12H11ClF2N4S. The maximum atomic E-state index is 13.7. The highest BCUT2D eigenvalue weighted by atomic mass is 35.5. The summed E-state index contributed by atoms with van der Waals surface area (Å²) < 4.78 is 26.7. The van der Waals surface area contributed by atoms with E-state index in [1.54, 1.807) is 13.1 Å². The van der Waals surface area contributed by atoms with Gasteiger partial charge >= 0.3 is 0 Å². The summed E-state index contributed by atoms with van der Waals surface area (Å²) in [5, 5.41) is 6.07. The Balaban J connectivity index is 2.39. The molecule has 8 heteroatoms. The van der Waals surface area contributed by atoms with Gasteiger partial charge in [-0.1, -0.05) is 23.4 Å². The van der Waals surface area contributed by atoms with E-state index in [1.807, 2.05) is 6.26 Å². The van der Waals surface area contributed by atoms with Crippen LogP contribution in [0.25, 0.3) is 0 Å². The van der Waals surface area contributed by atoms with E-state index in [9.17, 15) is 8.78 Å². The summed E-state index contributed by atoms with van der Waals surface area (Å²) in [6.07, 6.45) is 1.82. The third-order valence-electron chi connectivity index (χ3n) is 2.40. The first-order chi connectivity index (χ1) is 9.53. The molecule has 0 unspecified atom stereocenters. The molecule has 0 bridgehead atoms. The molecule has 20 heavy (non-hydrogen) atoms. The van der Waals surface area contributed by atoms with Crippen molar-refractivity contribution in [1.29, 1.82) is 0 Å². The minimum absolute atomic E-state index is 0.0270. The lowest BCUT2D eigenvalue weighted by Gasteiger charge is -2.11. The van der Waals surface area contributed by atoms with Crippen molar-refractivity contribution < 1.29 is 8.78 Å². The van der Waals surface area contributed by atoms with Gasteiger partial charge in [-0.25, -0.2) is 18.7 Å². The van der Waals surface area contributed by atoms with Crippen molar-refractivity contribution in [1.82, 2.24) is 9.97 Å². The van der Waals surface area contributed by atoms with Crippen LogP contribution in [-0.2, 0) is 0 Å². The van der Waals surface area contributed by atoms with E-state index >= 15 is 0 Å². The van der Waals surface area contributed by atoms with Gasteiger partial charge in [0, 0.05) is 19.2 Å². The standard InChI is InChI=1S/C12H11ClF2N4S/c1-16-9-5-10(19-12(18-9)20-2)17-11-7(13)3-6(14)4-8(11)15/h3-5H,1-2H3,(H2,16,17,18,19). The maximum Gasteiger partial charge on any atom is 0.191 e. The number of rotatable bonds is 4. The summed E-state index contributed by atoms with van der Waals surface area (Å²) >= 11 is 7.17. The maximum absolute atomic E-state index is 13.7. The van der Waals surface area contributed by atoms with E-state index in [1.165, 1.54) is 11.8 Å². The minimum atomic E-state index is -0.787. The van der Waals surface area contributed by atoms with Gasteiger partial charge in [0.1, 0.15) is 17.5 Å². The lowest BCUT2D eigenvalue weighted by Crippen LogP contribution is -2.02. The van der Waals surface area contributed by atoms with Gasteiger partial charge in [-0.15, -0.1) is 0 Å². The van der Waals surface area contributed by atoms with Crippen LogP contribution in [0.15, 0.2) is 23.4 Å². The monoisotopic (exact) mass is 316 g/mol. The van der Waals surface area contributed by atoms with Crippen LogP contribution >= 0.6 is 23.4 Å². The molecule has 0 aliphatic carbocycles. The van der Waals surface area contributed by atoms with Crippen LogP contribution in [-0.4, -0.2) is 23.3 Å². The second kappa shape index (κ2) is 6.23. The van der Waals surface area contributed by atoms with E-state index in [2.05, 4.69) is 20.6 Å². The number of hydrogen-bond donors (Lipinski definition) is 2. The number of nitrogens with one attached hydrogen (secondary N) is 2. The molecule has 0 fully saturated rings. The minimum Gasteiger partial charge on any atom is -0.373 e. The number of thioether (sulfide) groups is 1. The Morgan fingerprint density at radius 3 is 2.45 bits per heavy atom. The van der Waals surface area contributed by atoms with Crippen molar-refractivity contribution in [3.8, 4) is 0 Å². The summed E-state index contributed by atoms with van der Waals surface area (Å²) in [4.78, 5) is 8.37. The highest BCUT2D eigenvalue weighted by molar-refractivity contribution is 7.98. The molecule has 0 amide bonds. The summed E-state index contributed by atoms with van der Waals surface area (Å²) in [5.74, 6) is -0.585. The predicted octanol–water partition coefficient (Wildman–Crippen LogP) is 3.92. The fourth-order valence-electron chi connectivity index (χ4n) is 1.50. The summed E-state index contributed by atoms with van der Waals surface area (Å²) in [6.45, 7) is 0. The number of halogens is 3. The highest BCUT2D eigenvalue weighted by Crippen LogP contribution is 2.29. The van der Waals surface area contributed by atoms with Gasteiger partial charge in [0.2, 0.25) is 0 Å². The summed E-state index contributed by atoms with van der Waals surface area (Å²) in [7, 11) is 1.71. The number of hydrogen-bond acceptors (Lipinski definition) is 5. The predicted molar refractivity (Wildman–Crippen MR) is 78.0 cm³/mol. The Kier molecular flexibility index (Phi) is 4.61. The quantitative estimate of drug-likeness (QED) is 0.661. The molecule has 0 aliphatic heterocycles.